The number of sulfonamides is 1. The second kappa shape index (κ2) is 9.25. The van der Waals surface area contributed by atoms with Crippen molar-refractivity contribution in [2.75, 3.05) is 11.0 Å². The Morgan fingerprint density at radius 3 is 2.31 bits per heavy atom. The molecule has 0 saturated carbocycles. The number of aryl methyl sites for hydroxylation is 1. The summed E-state index contributed by atoms with van der Waals surface area (Å²) in [6, 6.07) is 8.32. The van der Waals surface area contributed by atoms with Crippen LogP contribution in [-0.4, -0.2) is 25.6 Å². The molecule has 29 heavy (non-hydrogen) atoms. The first kappa shape index (κ1) is 22.7. The van der Waals surface area contributed by atoms with Crippen molar-refractivity contribution in [1.29, 1.82) is 0 Å². The number of hydrogen-bond donors (Lipinski definition) is 2. The van der Waals surface area contributed by atoms with E-state index in [9.17, 15) is 26.4 Å². The van der Waals surface area contributed by atoms with E-state index < -0.39 is 27.8 Å². The average molecular weight is 429 g/mol. The number of carbonyl (C=O) groups is 1. The van der Waals surface area contributed by atoms with E-state index in [1.54, 1.807) is 24.3 Å². The largest absolute Gasteiger partial charge is 0.433 e. The summed E-state index contributed by atoms with van der Waals surface area (Å²) in [5, 5.41) is 2.66. The number of benzene rings is 1. The summed E-state index contributed by atoms with van der Waals surface area (Å²) in [5.41, 5.74) is 0.298. The van der Waals surface area contributed by atoms with Gasteiger partial charge in [-0.25, -0.2) is 13.4 Å². The fraction of sp³-hybridized carbons (Fsp3) is 0.368. The predicted molar refractivity (Wildman–Crippen MR) is 104 cm³/mol. The van der Waals surface area contributed by atoms with Crippen LogP contribution in [0.4, 0.5) is 18.9 Å². The molecule has 1 aromatic heterocycles. The maximum atomic E-state index is 12.9. The Morgan fingerprint density at radius 1 is 1.10 bits per heavy atom. The molecule has 10 heteroatoms. The number of amides is 1. The Morgan fingerprint density at radius 2 is 1.76 bits per heavy atom. The highest BCUT2D eigenvalue weighted by molar-refractivity contribution is 7.92. The van der Waals surface area contributed by atoms with Gasteiger partial charge in [0.05, 0.1) is 17.5 Å². The minimum Gasteiger partial charge on any atom is -0.348 e. The summed E-state index contributed by atoms with van der Waals surface area (Å²) in [4.78, 5) is 16.1. The third-order valence-corrected chi connectivity index (χ3v) is 4.59. The Balaban J connectivity index is 2.11. The summed E-state index contributed by atoms with van der Waals surface area (Å²) >= 11 is 0. The first-order chi connectivity index (χ1) is 13.5. The maximum absolute atomic E-state index is 12.9. The maximum Gasteiger partial charge on any atom is 0.433 e. The zero-order chi connectivity index (χ0) is 21.7. The van der Waals surface area contributed by atoms with E-state index in [0.29, 0.717) is 17.7 Å². The summed E-state index contributed by atoms with van der Waals surface area (Å²) in [6.45, 7) is 2.03. The SMILES string of the molecule is CCCCc1nc(C(F)(F)F)ccc1C(=O)NCc1ccc(NS(C)(=O)=O)cc1. The van der Waals surface area contributed by atoms with Crippen LogP contribution < -0.4 is 10.0 Å². The topological polar surface area (TPSA) is 88.2 Å². The number of aromatic nitrogens is 1. The number of carbonyl (C=O) groups excluding carboxylic acids is 1. The van der Waals surface area contributed by atoms with Gasteiger partial charge in [0, 0.05) is 12.2 Å². The third-order valence-electron chi connectivity index (χ3n) is 3.99. The van der Waals surface area contributed by atoms with Crippen molar-refractivity contribution in [3.8, 4) is 0 Å². The van der Waals surface area contributed by atoms with Gasteiger partial charge in [0.15, 0.2) is 0 Å². The fourth-order valence-electron chi connectivity index (χ4n) is 2.58. The Bertz CT molecular complexity index is 959. The molecule has 0 unspecified atom stereocenters. The van der Waals surface area contributed by atoms with Crippen LogP contribution in [0.15, 0.2) is 36.4 Å². The lowest BCUT2D eigenvalue weighted by molar-refractivity contribution is -0.141. The molecule has 0 spiro atoms. The quantitative estimate of drug-likeness (QED) is 0.669. The van der Waals surface area contributed by atoms with E-state index >= 15 is 0 Å². The number of alkyl halides is 3. The van der Waals surface area contributed by atoms with E-state index in [0.717, 1.165) is 24.8 Å². The van der Waals surface area contributed by atoms with Crippen molar-refractivity contribution < 1.29 is 26.4 Å². The predicted octanol–water partition coefficient (Wildman–Crippen LogP) is 3.74. The van der Waals surface area contributed by atoms with Crippen molar-refractivity contribution in [3.05, 3.63) is 58.9 Å². The molecule has 1 amide bonds. The van der Waals surface area contributed by atoms with Crippen molar-refractivity contribution in [2.45, 2.75) is 38.9 Å². The minimum atomic E-state index is -4.57. The monoisotopic (exact) mass is 429 g/mol. The van der Waals surface area contributed by atoms with Gasteiger partial charge in [-0.15, -0.1) is 0 Å². The van der Waals surface area contributed by atoms with Gasteiger partial charge in [-0.1, -0.05) is 25.5 Å². The number of anilines is 1. The molecule has 1 aromatic carbocycles. The lowest BCUT2D eigenvalue weighted by atomic mass is 10.1. The molecule has 0 aliphatic heterocycles. The smallest absolute Gasteiger partial charge is 0.348 e. The van der Waals surface area contributed by atoms with Crippen LogP contribution >= 0.6 is 0 Å². The van der Waals surface area contributed by atoms with Gasteiger partial charge in [0.25, 0.3) is 5.91 Å². The van der Waals surface area contributed by atoms with Gasteiger partial charge in [0.1, 0.15) is 5.69 Å². The summed E-state index contributed by atoms with van der Waals surface area (Å²) in [6.07, 6.45) is -1.89. The molecule has 0 radical (unpaired) electrons. The lowest BCUT2D eigenvalue weighted by Gasteiger charge is -2.13. The number of nitrogens with one attached hydrogen (secondary N) is 2. The van der Waals surface area contributed by atoms with Crippen molar-refractivity contribution >= 4 is 21.6 Å². The number of nitrogens with zero attached hydrogens (tertiary/aromatic N) is 1. The normalized spacial score (nSPS) is 11.9. The van der Waals surface area contributed by atoms with E-state index in [2.05, 4.69) is 15.0 Å². The van der Waals surface area contributed by atoms with Gasteiger partial charge in [-0.2, -0.15) is 13.2 Å². The number of pyridine rings is 1. The highest BCUT2D eigenvalue weighted by Gasteiger charge is 2.33. The van der Waals surface area contributed by atoms with Gasteiger partial charge in [-0.3, -0.25) is 9.52 Å². The van der Waals surface area contributed by atoms with E-state index in [-0.39, 0.29) is 24.2 Å². The number of hydrogen-bond acceptors (Lipinski definition) is 4. The van der Waals surface area contributed by atoms with Crippen molar-refractivity contribution in [3.63, 3.8) is 0 Å². The summed E-state index contributed by atoms with van der Waals surface area (Å²) in [5.74, 6) is -0.518. The molecule has 0 bridgehead atoms. The number of unbranched alkanes of at least 4 members (excludes halogenated alkanes) is 1. The second-order valence-corrected chi connectivity index (χ2v) is 8.29. The fourth-order valence-corrected chi connectivity index (χ4v) is 3.15. The number of halogens is 3. The second-order valence-electron chi connectivity index (χ2n) is 6.55. The molecule has 2 rings (SSSR count). The highest BCUT2D eigenvalue weighted by atomic mass is 32.2. The van der Waals surface area contributed by atoms with Gasteiger partial charge in [-0.05, 0) is 42.7 Å². The van der Waals surface area contributed by atoms with Gasteiger partial charge in [0.2, 0.25) is 10.0 Å². The Hall–Kier alpha value is -2.62. The van der Waals surface area contributed by atoms with Crippen LogP contribution in [-0.2, 0) is 29.2 Å². The Labute approximate surface area is 167 Å². The molecule has 0 atom stereocenters. The summed E-state index contributed by atoms with van der Waals surface area (Å²) < 4.78 is 63.5. The first-order valence-corrected chi connectivity index (χ1v) is 10.8. The standard InChI is InChI=1S/C19H22F3N3O3S/c1-3-4-5-16-15(10-11-17(24-16)19(20,21)22)18(26)23-12-13-6-8-14(9-7-13)25-29(2,27)28/h6-11,25H,3-5,12H2,1-2H3,(H,23,26). The molecule has 0 aliphatic carbocycles. The molecule has 0 saturated heterocycles. The van der Waals surface area contributed by atoms with Crippen LogP contribution in [0.2, 0.25) is 0 Å². The van der Waals surface area contributed by atoms with Gasteiger partial charge >= 0.3 is 6.18 Å². The zero-order valence-corrected chi connectivity index (χ0v) is 16.8. The molecule has 0 aliphatic rings. The zero-order valence-electron chi connectivity index (χ0n) is 16.0. The first-order valence-electron chi connectivity index (χ1n) is 8.91. The molecule has 6 nitrogen and oxygen atoms in total. The van der Waals surface area contributed by atoms with Crippen LogP contribution in [0.1, 0.15) is 47.1 Å². The number of rotatable bonds is 8. The van der Waals surface area contributed by atoms with E-state index in [4.69, 9.17) is 0 Å². The van der Waals surface area contributed by atoms with Gasteiger partial charge < -0.3 is 5.32 Å². The molecule has 1 heterocycles. The van der Waals surface area contributed by atoms with E-state index in [1.165, 1.54) is 0 Å². The minimum absolute atomic E-state index is 0.113. The highest BCUT2D eigenvalue weighted by Crippen LogP contribution is 2.28. The molecular formula is C19H22F3N3O3S. The molecule has 0 fully saturated rings. The third kappa shape index (κ3) is 7.04. The van der Waals surface area contributed by atoms with Crippen LogP contribution in [0.5, 0.6) is 0 Å². The molecular weight excluding hydrogens is 407 g/mol. The van der Waals surface area contributed by atoms with Crippen LogP contribution in [0.3, 0.4) is 0 Å². The molecule has 158 valence electrons. The van der Waals surface area contributed by atoms with Crippen molar-refractivity contribution in [1.82, 2.24) is 10.3 Å². The average Bonchev–Trinajstić information content (AvgIpc) is 2.63. The van der Waals surface area contributed by atoms with Crippen LogP contribution in [0, 0.1) is 0 Å². The lowest BCUT2D eigenvalue weighted by Crippen LogP contribution is -2.25. The summed E-state index contributed by atoms with van der Waals surface area (Å²) in [7, 11) is -3.39. The van der Waals surface area contributed by atoms with Crippen LogP contribution in [0.25, 0.3) is 0 Å². The molecule has 2 N–H and O–H groups in total. The van der Waals surface area contributed by atoms with E-state index in [1.807, 2.05) is 6.92 Å². The molecule has 2 aromatic rings. The van der Waals surface area contributed by atoms with Crippen molar-refractivity contribution in [2.24, 2.45) is 0 Å². The Kier molecular flexibility index (Phi) is 7.23.